The summed E-state index contributed by atoms with van der Waals surface area (Å²) in [5.41, 5.74) is 2.59. The van der Waals surface area contributed by atoms with Crippen molar-refractivity contribution in [2.75, 3.05) is 0 Å². The molecule has 0 aliphatic heterocycles. The molecule has 0 radical (unpaired) electrons. The van der Waals surface area contributed by atoms with Crippen LogP contribution in [-0.4, -0.2) is 4.98 Å². The Morgan fingerprint density at radius 3 is 2.61 bits per heavy atom. The van der Waals surface area contributed by atoms with Gasteiger partial charge in [-0.15, -0.1) is 11.6 Å². The van der Waals surface area contributed by atoms with Crippen LogP contribution in [0.2, 0.25) is 0 Å². The number of benzene rings is 1. The largest absolute Gasteiger partial charge is 0.261 e. The van der Waals surface area contributed by atoms with Crippen LogP contribution in [0.4, 0.5) is 4.39 Å². The molecule has 0 aliphatic carbocycles. The van der Waals surface area contributed by atoms with Crippen molar-refractivity contribution in [3.8, 4) is 0 Å². The molecular weight excluding hydrogens is 249 g/mol. The fourth-order valence-corrected chi connectivity index (χ4v) is 2.26. The highest BCUT2D eigenvalue weighted by Crippen LogP contribution is 2.35. The molecule has 0 saturated carbocycles. The second kappa shape index (κ2) is 5.49. The zero-order chi connectivity index (χ0) is 13.1. The van der Waals surface area contributed by atoms with Gasteiger partial charge in [0.1, 0.15) is 5.82 Å². The van der Waals surface area contributed by atoms with E-state index in [1.54, 1.807) is 6.20 Å². The minimum absolute atomic E-state index is 0.0362. The van der Waals surface area contributed by atoms with E-state index in [9.17, 15) is 4.39 Å². The third kappa shape index (κ3) is 2.88. The molecule has 3 heteroatoms. The number of pyridine rings is 1. The van der Waals surface area contributed by atoms with Gasteiger partial charge in [-0.2, -0.15) is 0 Å². The molecule has 1 aromatic carbocycles. The van der Waals surface area contributed by atoms with Crippen molar-refractivity contribution in [3.63, 3.8) is 0 Å². The molecular formula is C15H15ClFN. The van der Waals surface area contributed by atoms with Gasteiger partial charge < -0.3 is 0 Å². The Balaban J connectivity index is 2.28. The molecule has 2 atom stereocenters. The minimum atomic E-state index is -0.283. The molecule has 0 saturated heterocycles. The van der Waals surface area contributed by atoms with E-state index in [1.807, 2.05) is 38.1 Å². The number of hydrogen-bond donors (Lipinski definition) is 0. The lowest BCUT2D eigenvalue weighted by Crippen LogP contribution is -2.05. The van der Waals surface area contributed by atoms with Crippen LogP contribution in [0.5, 0.6) is 0 Å². The van der Waals surface area contributed by atoms with Crippen molar-refractivity contribution in [3.05, 3.63) is 65.2 Å². The summed E-state index contributed by atoms with van der Waals surface area (Å²) in [6.07, 6.45) is 1.74. The number of halogens is 2. The molecule has 2 unspecified atom stereocenters. The molecule has 0 spiro atoms. The summed E-state index contributed by atoms with van der Waals surface area (Å²) in [5.74, 6) is -0.210. The maximum absolute atomic E-state index is 13.4. The monoisotopic (exact) mass is 263 g/mol. The van der Waals surface area contributed by atoms with Crippen LogP contribution in [0.3, 0.4) is 0 Å². The average molecular weight is 264 g/mol. The molecule has 1 aromatic heterocycles. The summed E-state index contributed by atoms with van der Waals surface area (Å²) >= 11 is 6.43. The highest BCUT2D eigenvalue weighted by atomic mass is 35.5. The van der Waals surface area contributed by atoms with Crippen molar-refractivity contribution in [2.45, 2.75) is 25.1 Å². The zero-order valence-electron chi connectivity index (χ0n) is 10.4. The third-order valence-electron chi connectivity index (χ3n) is 2.98. The zero-order valence-corrected chi connectivity index (χ0v) is 11.2. The maximum atomic E-state index is 13.4. The van der Waals surface area contributed by atoms with Crippen LogP contribution in [-0.2, 0) is 0 Å². The summed E-state index contributed by atoms with van der Waals surface area (Å²) in [6, 6.07) is 10.6. The summed E-state index contributed by atoms with van der Waals surface area (Å²) < 4.78 is 13.4. The van der Waals surface area contributed by atoms with Crippen LogP contribution >= 0.6 is 11.6 Å². The van der Waals surface area contributed by atoms with Crippen molar-refractivity contribution < 1.29 is 4.39 Å². The first kappa shape index (κ1) is 13.0. The van der Waals surface area contributed by atoms with Crippen molar-refractivity contribution >= 4 is 11.6 Å². The molecule has 0 bridgehead atoms. The first-order valence-corrected chi connectivity index (χ1v) is 6.33. The fourth-order valence-electron chi connectivity index (χ4n) is 2.01. The predicted molar refractivity (Wildman–Crippen MR) is 72.4 cm³/mol. The van der Waals surface area contributed by atoms with Crippen molar-refractivity contribution in [1.29, 1.82) is 0 Å². The Kier molecular flexibility index (Phi) is 3.97. The molecule has 0 aliphatic rings. The molecule has 2 rings (SSSR count). The highest BCUT2D eigenvalue weighted by Gasteiger charge is 2.20. The van der Waals surface area contributed by atoms with E-state index in [4.69, 9.17) is 11.6 Å². The van der Waals surface area contributed by atoms with E-state index >= 15 is 0 Å². The number of aromatic nitrogens is 1. The van der Waals surface area contributed by atoms with Gasteiger partial charge in [0.15, 0.2) is 0 Å². The molecule has 0 fully saturated rings. The first-order valence-electron chi connectivity index (χ1n) is 5.90. The fraction of sp³-hybridized carbons (Fsp3) is 0.267. The number of alkyl halides is 1. The SMILES string of the molecule is Cc1cc(F)cc(C(Cl)C(C)c2ccccn2)c1. The normalized spacial score (nSPS) is 14.2. The quantitative estimate of drug-likeness (QED) is 0.737. The topological polar surface area (TPSA) is 12.9 Å². The van der Waals surface area contributed by atoms with E-state index in [0.29, 0.717) is 0 Å². The predicted octanol–water partition coefficient (Wildman–Crippen LogP) is 4.61. The summed E-state index contributed by atoms with van der Waals surface area (Å²) in [6.45, 7) is 3.86. The van der Waals surface area contributed by atoms with E-state index in [-0.39, 0.29) is 17.1 Å². The van der Waals surface area contributed by atoms with Crippen LogP contribution in [0, 0.1) is 12.7 Å². The Morgan fingerprint density at radius 1 is 1.22 bits per heavy atom. The molecule has 0 N–H and O–H groups in total. The smallest absolute Gasteiger partial charge is 0.123 e. The van der Waals surface area contributed by atoms with Crippen LogP contribution in [0.1, 0.15) is 35.0 Å². The van der Waals surface area contributed by atoms with Crippen molar-refractivity contribution in [2.24, 2.45) is 0 Å². The Hall–Kier alpha value is -1.41. The van der Waals surface area contributed by atoms with Gasteiger partial charge >= 0.3 is 0 Å². The lowest BCUT2D eigenvalue weighted by molar-refractivity contribution is 0.619. The Morgan fingerprint density at radius 2 is 2.00 bits per heavy atom. The second-order valence-electron chi connectivity index (χ2n) is 4.51. The van der Waals surface area contributed by atoms with E-state index in [2.05, 4.69) is 4.98 Å². The Bertz CT molecular complexity index is 507. The van der Waals surface area contributed by atoms with Gasteiger partial charge in [-0.25, -0.2) is 4.39 Å². The van der Waals surface area contributed by atoms with Gasteiger partial charge in [0.25, 0.3) is 0 Å². The number of aryl methyl sites for hydroxylation is 1. The van der Waals surface area contributed by atoms with Gasteiger partial charge in [0.2, 0.25) is 0 Å². The molecule has 1 heterocycles. The van der Waals surface area contributed by atoms with E-state index in [1.165, 1.54) is 12.1 Å². The first-order chi connectivity index (χ1) is 8.58. The van der Waals surface area contributed by atoms with Gasteiger partial charge in [-0.3, -0.25) is 4.98 Å². The number of nitrogens with zero attached hydrogens (tertiary/aromatic N) is 1. The molecule has 94 valence electrons. The number of rotatable bonds is 3. The second-order valence-corrected chi connectivity index (χ2v) is 4.98. The summed E-state index contributed by atoms with van der Waals surface area (Å²) in [7, 11) is 0. The average Bonchev–Trinajstić information content (AvgIpc) is 2.37. The standard InChI is InChI=1S/C15H15ClFN/c1-10-7-12(9-13(17)8-10)15(16)11(2)14-5-3-4-6-18-14/h3-9,11,15H,1-2H3. The lowest BCUT2D eigenvalue weighted by Gasteiger charge is -2.18. The van der Waals surface area contributed by atoms with Gasteiger partial charge in [0, 0.05) is 17.8 Å². The molecule has 1 nitrogen and oxygen atoms in total. The number of hydrogen-bond acceptors (Lipinski definition) is 1. The summed E-state index contributed by atoms with van der Waals surface area (Å²) in [4.78, 5) is 4.29. The van der Waals surface area contributed by atoms with E-state index in [0.717, 1.165) is 16.8 Å². The van der Waals surface area contributed by atoms with Crippen LogP contribution in [0.25, 0.3) is 0 Å². The molecule has 2 aromatic rings. The highest BCUT2D eigenvalue weighted by molar-refractivity contribution is 6.21. The maximum Gasteiger partial charge on any atom is 0.123 e. The minimum Gasteiger partial charge on any atom is -0.261 e. The third-order valence-corrected chi connectivity index (χ3v) is 3.61. The van der Waals surface area contributed by atoms with Crippen LogP contribution < -0.4 is 0 Å². The van der Waals surface area contributed by atoms with Crippen molar-refractivity contribution in [1.82, 2.24) is 4.98 Å². The van der Waals surface area contributed by atoms with Gasteiger partial charge in [-0.1, -0.05) is 19.1 Å². The van der Waals surface area contributed by atoms with Crippen LogP contribution in [0.15, 0.2) is 42.6 Å². The molecule has 0 amide bonds. The Labute approximate surface area is 112 Å². The van der Waals surface area contributed by atoms with Gasteiger partial charge in [0.05, 0.1) is 5.38 Å². The van der Waals surface area contributed by atoms with Gasteiger partial charge in [-0.05, 0) is 42.3 Å². The summed E-state index contributed by atoms with van der Waals surface area (Å²) in [5, 5.41) is -0.283. The van der Waals surface area contributed by atoms with E-state index < -0.39 is 0 Å². The lowest BCUT2D eigenvalue weighted by atomic mass is 9.96. The molecule has 18 heavy (non-hydrogen) atoms.